The second-order valence-electron chi connectivity index (χ2n) is 6.98. The van der Waals surface area contributed by atoms with Crippen molar-refractivity contribution in [2.75, 3.05) is 19.6 Å². The first-order valence-electron chi connectivity index (χ1n) is 9.18. The minimum absolute atomic E-state index is 0.0479. The molecule has 1 aliphatic heterocycles. The van der Waals surface area contributed by atoms with Crippen molar-refractivity contribution in [3.63, 3.8) is 0 Å². The molecule has 2 aliphatic rings. The fraction of sp³-hybridized carbons (Fsp3) is 0.450. The highest BCUT2D eigenvalue weighted by Crippen LogP contribution is 2.40. The summed E-state index contributed by atoms with van der Waals surface area (Å²) in [5.41, 5.74) is 2.64. The third-order valence-electron chi connectivity index (χ3n) is 5.04. The van der Waals surface area contributed by atoms with Crippen molar-refractivity contribution >= 4 is 22.7 Å². The summed E-state index contributed by atoms with van der Waals surface area (Å²) in [6, 6.07) is 9.78. The third kappa shape index (κ3) is 3.50. The Balaban J connectivity index is 1.43. The Morgan fingerprint density at radius 3 is 2.88 bits per heavy atom. The molecule has 2 aromatic rings. The lowest BCUT2D eigenvalue weighted by Gasteiger charge is -2.15. The molecule has 5 nitrogen and oxygen atoms in total. The molecule has 2 amide bonds. The summed E-state index contributed by atoms with van der Waals surface area (Å²) >= 11 is 0. The predicted molar refractivity (Wildman–Crippen MR) is 96.5 cm³/mol. The number of fused-ring (bicyclic) bond motifs is 1. The van der Waals surface area contributed by atoms with E-state index in [9.17, 15) is 9.59 Å². The predicted octanol–water partition coefficient (Wildman–Crippen LogP) is 2.85. The molecule has 0 spiro atoms. The molecular weight excluding hydrogens is 314 g/mol. The van der Waals surface area contributed by atoms with Crippen LogP contribution >= 0.6 is 0 Å². The highest BCUT2D eigenvalue weighted by Gasteiger charge is 2.27. The minimum Gasteiger partial charge on any atom is -0.352 e. The normalized spacial score (nSPS) is 17.3. The van der Waals surface area contributed by atoms with Crippen LogP contribution in [0.5, 0.6) is 0 Å². The molecule has 0 radical (unpaired) electrons. The summed E-state index contributed by atoms with van der Waals surface area (Å²) in [6.45, 7) is 2.16. The topological polar surface area (TPSA) is 62.3 Å². The summed E-state index contributed by atoms with van der Waals surface area (Å²) in [4.78, 5) is 30.9. The van der Waals surface area contributed by atoms with Gasteiger partial charge in [-0.3, -0.25) is 14.6 Å². The van der Waals surface area contributed by atoms with Crippen molar-refractivity contribution in [3.8, 4) is 0 Å². The number of hydrogen-bond acceptors (Lipinski definition) is 3. The van der Waals surface area contributed by atoms with Crippen molar-refractivity contribution in [1.82, 2.24) is 15.2 Å². The molecule has 1 saturated heterocycles. The number of likely N-dealkylation sites (tertiary alicyclic amines) is 1. The van der Waals surface area contributed by atoms with Crippen molar-refractivity contribution in [1.29, 1.82) is 0 Å². The number of para-hydroxylation sites is 1. The van der Waals surface area contributed by atoms with Gasteiger partial charge in [-0.25, -0.2) is 0 Å². The molecule has 1 aromatic heterocycles. The summed E-state index contributed by atoms with van der Waals surface area (Å²) in [5.74, 6) is 0.700. The fourth-order valence-electron chi connectivity index (χ4n) is 3.48. The van der Waals surface area contributed by atoms with Crippen LogP contribution in [-0.4, -0.2) is 41.3 Å². The smallest absolute Gasteiger partial charge is 0.252 e. The molecule has 1 N–H and O–H groups in total. The molecule has 0 atom stereocenters. The number of nitrogens with one attached hydrogen (secondary N) is 1. The zero-order valence-electron chi connectivity index (χ0n) is 14.3. The highest BCUT2D eigenvalue weighted by atomic mass is 16.2. The van der Waals surface area contributed by atoms with Gasteiger partial charge in [0.1, 0.15) is 0 Å². The van der Waals surface area contributed by atoms with Crippen LogP contribution in [-0.2, 0) is 4.79 Å². The van der Waals surface area contributed by atoms with Crippen LogP contribution in [0, 0.1) is 0 Å². The van der Waals surface area contributed by atoms with E-state index in [0.29, 0.717) is 24.4 Å². The molecule has 2 heterocycles. The van der Waals surface area contributed by atoms with E-state index >= 15 is 0 Å². The second-order valence-corrected chi connectivity index (χ2v) is 6.98. The van der Waals surface area contributed by atoms with Crippen molar-refractivity contribution < 1.29 is 9.59 Å². The molecule has 130 valence electrons. The van der Waals surface area contributed by atoms with E-state index in [2.05, 4.69) is 5.32 Å². The molecule has 0 bridgehead atoms. The summed E-state index contributed by atoms with van der Waals surface area (Å²) in [7, 11) is 0. The first-order valence-corrected chi connectivity index (χ1v) is 9.18. The average molecular weight is 337 g/mol. The summed E-state index contributed by atoms with van der Waals surface area (Å²) in [6.07, 6.45) is 4.74. The lowest BCUT2D eigenvalue weighted by molar-refractivity contribution is -0.127. The van der Waals surface area contributed by atoms with Gasteiger partial charge >= 0.3 is 0 Å². The molecule has 5 heteroatoms. The van der Waals surface area contributed by atoms with Gasteiger partial charge in [0.25, 0.3) is 5.91 Å². The van der Waals surface area contributed by atoms with Crippen LogP contribution in [0.25, 0.3) is 10.9 Å². The molecule has 1 saturated carbocycles. The monoisotopic (exact) mass is 337 g/mol. The van der Waals surface area contributed by atoms with Crippen LogP contribution < -0.4 is 5.32 Å². The average Bonchev–Trinajstić information content (AvgIpc) is 3.40. The van der Waals surface area contributed by atoms with Gasteiger partial charge in [0.05, 0.1) is 11.1 Å². The SMILES string of the molecule is O=C(NCCCN1CCCC1=O)c1cc(C2CC2)nc2ccccc12. The van der Waals surface area contributed by atoms with Crippen LogP contribution in [0.15, 0.2) is 30.3 Å². The lowest BCUT2D eigenvalue weighted by atomic mass is 10.1. The number of aromatic nitrogens is 1. The quantitative estimate of drug-likeness (QED) is 0.825. The van der Waals surface area contributed by atoms with Gasteiger partial charge in [-0.2, -0.15) is 0 Å². The van der Waals surface area contributed by atoms with Gasteiger partial charge < -0.3 is 10.2 Å². The van der Waals surface area contributed by atoms with Crippen LogP contribution in [0.2, 0.25) is 0 Å². The summed E-state index contributed by atoms with van der Waals surface area (Å²) in [5, 5.41) is 3.91. The lowest BCUT2D eigenvalue weighted by Crippen LogP contribution is -2.30. The molecule has 1 aliphatic carbocycles. The van der Waals surface area contributed by atoms with E-state index in [1.54, 1.807) is 0 Å². The maximum absolute atomic E-state index is 12.7. The Bertz CT molecular complexity index is 814. The minimum atomic E-state index is -0.0479. The van der Waals surface area contributed by atoms with Gasteiger partial charge in [-0.1, -0.05) is 18.2 Å². The number of rotatable bonds is 6. The Morgan fingerprint density at radius 2 is 2.12 bits per heavy atom. The van der Waals surface area contributed by atoms with Gasteiger partial charge in [0.2, 0.25) is 5.91 Å². The molecule has 4 rings (SSSR count). The zero-order valence-corrected chi connectivity index (χ0v) is 14.3. The highest BCUT2D eigenvalue weighted by molar-refractivity contribution is 6.06. The number of benzene rings is 1. The molecule has 1 aromatic carbocycles. The second kappa shape index (κ2) is 6.82. The van der Waals surface area contributed by atoms with Crippen LogP contribution in [0.3, 0.4) is 0 Å². The number of carbonyl (C=O) groups excluding carboxylic acids is 2. The standard InChI is InChI=1S/C20H23N3O2/c24-19-7-3-11-23(19)12-4-10-21-20(25)16-13-18(14-8-9-14)22-17-6-2-1-5-15(16)17/h1-2,5-6,13-14H,3-4,7-12H2,(H,21,25). The van der Waals surface area contributed by atoms with Crippen molar-refractivity contribution in [2.45, 2.75) is 38.0 Å². The van der Waals surface area contributed by atoms with E-state index < -0.39 is 0 Å². The van der Waals surface area contributed by atoms with E-state index in [1.165, 1.54) is 0 Å². The van der Waals surface area contributed by atoms with E-state index in [-0.39, 0.29) is 11.8 Å². The Hall–Kier alpha value is -2.43. The largest absolute Gasteiger partial charge is 0.352 e. The molecule has 25 heavy (non-hydrogen) atoms. The Labute approximate surface area is 147 Å². The Morgan fingerprint density at radius 1 is 1.28 bits per heavy atom. The number of nitrogens with zero attached hydrogens (tertiary/aromatic N) is 2. The van der Waals surface area contributed by atoms with Crippen LogP contribution in [0.4, 0.5) is 0 Å². The number of carbonyl (C=O) groups is 2. The molecule has 2 fully saturated rings. The van der Waals surface area contributed by atoms with Crippen molar-refractivity contribution in [3.05, 3.63) is 41.6 Å². The summed E-state index contributed by atoms with van der Waals surface area (Å²) < 4.78 is 0. The van der Waals surface area contributed by atoms with E-state index in [0.717, 1.165) is 55.4 Å². The van der Waals surface area contributed by atoms with Gasteiger partial charge in [0.15, 0.2) is 0 Å². The van der Waals surface area contributed by atoms with Gasteiger partial charge in [-0.05, 0) is 37.8 Å². The van der Waals surface area contributed by atoms with Gasteiger partial charge in [-0.15, -0.1) is 0 Å². The van der Waals surface area contributed by atoms with E-state index in [4.69, 9.17) is 4.98 Å². The first-order chi connectivity index (χ1) is 12.2. The Kier molecular flexibility index (Phi) is 4.38. The number of hydrogen-bond donors (Lipinski definition) is 1. The van der Waals surface area contributed by atoms with Gasteiger partial charge in [0, 0.05) is 43.1 Å². The zero-order chi connectivity index (χ0) is 17.2. The van der Waals surface area contributed by atoms with Crippen molar-refractivity contribution in [2.24, 2.45) is 0 Å². The number of pyridine rings is 1. The maximum atomic E-state index is 12.7. The van der Waals surface area contributed by atoms with E-state index in [1.807, 2.05) is 35.2 Å². The maximum Gasteiger partial charge on any atom is 0.252 e. The molecule has 0 unspecified atom stereocenters. The first kappa shape index (κ1) is 16.1. The van der Waals surface area contributed by atoms with Crippen LogP contribution in [0.1, 0.15) is 54.1 Å². The fourth-order valence-corrected chi connectivity index (χ4v) is 3.48. The molecular formula is C20H23N3O2. The third-order valence-corrected chi connectivity index (χ3v) is 5.04. The number of amides is 2.